The highest BCUT2D eigenvalue weighted by Gasteiger charge is 2.16. The first-order valence-corrected chi connectivity index (χ1v) is 6.19. The Hall–Kier alpha value is -2.74. The van der Waals surface area contributed by atoms with E-state index in [4.69, 9.17) is 16.9 Å². The summed E-state index contributed by atoms with van der Waals surface area (Å²) in [6, 6.07) is 7.31. The second-order valence-electron chi connectivity index (χ2n) is 4.08. The van der Waals surface area contributed by atoms with Gasteiger partial charge in [0, 0.05) is 5.56 Å². The van der Waals surface area contributed by atoms with Crippen molar-refractivity contribution < 1.29 is 9.53 Å². The summed E-state index contributed by atoms with van der Waals surface area (Å²) in [5.74, 6) is 3.49. The van der Waals surface area contributed by atoms with Gasteiger partial charge < -0.3 is 10.5 Å². The summed E-state index contributed by atoms with van der Waals surface area (Å²) >= 11 is 0. The lowest BCUT2D eigenvalue weighted by Crippen LogP contribution is -2.03. The fourth-order valence-corrected chi connectivity index (χ4v) is 1.90. The molecule has 0 bridgehead atoms. The van der Waals surface area contributed by atoms with Crippen LogP contribution in [-0.2, 0) is 6.54 Å². The number of aromatic nitrogens is 2. The quantitative estimate of drug-likeness (QED) is 0.665. The number of terminal acetylenes is 1. The molecule has 0 saturated carbocycles. The molecule has 0 fully saturated rings. The largest absolute Gasteiger partial charge is 0.494 e. The summed E-state index contributed by atoms with van der Waals surface area (Å²) in [5.41, 5.74) is 7.53. The van der Waals surface area contributed by atoms with Crippen LogP contribution in [0.5, 0.6) is 5.75 Å². The van der Waals surface area contributed by atoms with Crippen molar-refractivity contribution in [3.05, 3.63) is 29.8 Å². The number of hydrogen-bond acceptors (Lipinski definition) is 4. The van der Waals surface area contributed by atoms with Crippen LogP contribution in [0.15, 0.2) is 24.3 Å². The molecule has 2 aromatic rings. The predicted octanol–water partition coefficient (Wildman–Crippen LogP) is 1.98. The number of nitrogen functional groups attached to an aromatic ring is 1. The molecule has 0 aliphatic heterocycles. The number of hydrogen-bond donors (Lipinski definition) is 1. The maximum absolute atomic E-state index is 11.2. The smallest absolute Gasteiger partial charge is 0.156 e. The van der Waals surface area contributed by atoms with Crippen molar-refractivity contribution in [2.24, 2.45) is 0 Å². The lowest BCUT2D eigenvalue weighted by Gasteiger charge is -2.03. The van der Waals surface area contributed by atoms with E-state index in [1.807, 2.05) is 31.2 Å². The molecule has 1 heterocycles. The second-order valence-corrected chi connectivity index (χ2v) is 4.08. The number of anilines is 1. The van der Waals surface area contributed by atoms with E-state index in [1.54, 1.807) is 0 Å². The normalized spacial score (nSPS) is 10.0. The summed E-state index contributed by atoms with van der Waals surface area (Å²) in [4.78, 5) is 11.2. The van der Waals surface area contributed by atoms with Crippen molar-refractivity contribution in [2.75, 3.05) is 12.3 Å². The molecule has 20 heavy (non-hydrogen) atoms. The molecule has 0 atom stereocenters. The van der Waals surface area contributed by atoms with Crippen LogP contribution in [0.25, 0.3) is 11.3 Å². The van der Waals surface area contributed by atoms with Gasteiger partial charge in [0.25, 0.3) is 0 Å². The molecule has 5 heteroatoms. The number of aldehydes is 1. The highest BCUT2D eigenvalue weighted by atomic mass is 16.5. The molecule has 0 unspecified atom stereocenters. The van der Waals surface area contributed by atoms with Gasteiger partial charge in [-0.05, 0) is 31.2 Å². The van der Waals surface area contributed by atoms with E-state index in [0.717, 1.165) is 11.3 Å². The third-order valence-electron chi connectivity index (χ3n) is 2.83. The average molecular weight is 269 g/mol. The van der Waals surface area contributed by atoms with E-state index in [9.17, 15) is 4.79 Å². The molecule has 2 N–H and O–H groups in total. The molecular weight excluding hydrogens is 254 g/mol. The minimum atomic E-state index is 0.226. The van der Waals surface area contributed by atoms with Crippen molar-refractivity contribution in [1.29, 1.82) is 0 Å². The number of benzene rings is 1. The van der Waals surface area contributed by atoms with Crippen LogP contribution in [-0.4, -0.2) is 22.7 Å². The SMILES string of the molecule is C#CCn1nc(-c2ccc(OCC)cc2)c(C=O)c1N. The zero-order valence-corrected chi connectivity index (χ0v) is 11.2. The van der Waals surface area contributed by atoms with Crippen LogP contribution in [0, 0.1) is 12.3 Å². The number of ether oxygens (including phenoxy) is 1. The number of carbonyl (C=O) groups is 1. The summed E-state index contributed by atoms with van der Waals surface area (Å²) in [6.07, 6.45) is 5.95. The van der Waals surface area contributed by atoms with Gasteiger partial charge in [0.1, 0.15) is 23.8 Å². The van der Waals surface area contributed by atoms with Crippen molar-refractivity contribution in [3.8, 4) is 29.4 Å². The molecule has 0 aliphatic carbocycles. The minimum absolute atomic E-state index is 0.226. The van der Waals surface area contributed by atoms with Gasteiger partial charge in [0.05, 0.1) is 12.2 Å². The highest BCUT2D eigenvalue weighted by Crippen LogP contribution is 2.27. The first-order valence-electron chi connectivity index (χ1n) is 6.19. The van der Waals surface area contributed by atoms with Crippen molar-refractivity contribution in [2.45, 2.75) is 13.5 Å². The van der Waals surface area contributed by atoms with Gasteiger partial charge in [0.2, 0.25) is 0 Å². The Morgan fingerprint density at radius 2 is 2.15 bits per heavy atom. The van der Waals surface area contributed by atoms with Gasteiger partial charge >= 0.3 is 0 Å². The Balaban J connectivity index is 2.43. The first kappa shape index (κ1) is 13.7. The minimum Gasteiger partial charge on any atom is -0.494 e. The van der Waals surface area contributed by atoms with E-state index >= 15 is 0 Å². The lowest BCUT2D eigenvalue weighted by atomic mass is 10.1. The van der Waals surface area contributed by atoms with Crippen LogP contribution in [0.4, 0.5) is 5.82 Å². The molecule has 0 aliphatic rings. The Morgan fingerprint density at radius 3 is 2.70 bits per heavy atom. The summed E-state index contributed by atoms with van der Waals surface area (Å²) in [5, 5.41) is 4.29. The lowest BCUT2D eigenvalue weighted by molar-refractivity contribution is 0.112. The number of carbonyl (C=O) groups excluding carboxylic acids is 1. The molecule has 1 aromatic heterocycles. The summed E-state index contributed by atoms with van der Waals surface area (Å²) < 4.78 is 6.81. The van der Waals surface area contributed by atoms with E-state index in [0.29, 0.717) is 24.2 Å². The van der Waals surface area contributed by atoms with Crippen molar-refractivity contribution in [3.63, 3.8) is 0 Å². The molecule has 1 aromatic carbocycles. The van der Waals surface area contributed by atoms with Gasteiger partial charge in [-0.1, -0.05) is 5.92 Å². The molecule has 102 valence electrons. The zero-order valence-electron chi connectivity index (χ0n) is 11.2. The molecule has 0 saturated heterocycles. The van der Waals surface area contributed by atoms with Gasteiger partial charge in [-0.15, -0.1) is 6.42 Å². The fraction of sp³-hybridized carbons (Fsp3) is 0.200. The van der Waals surface area contributed by atoms with Crippen LogP contribution in [0.2, 0.25) is 0 Å². The molecule has 0 spiro atoms. The zero-order chi connectivity index (χ0) is 14.5. The van der Waals surface area contributed by atoms with Gasteiger partial charge in [-0.3, -0.25) is 4.79 Å². The fourth-order valence-electron chi connectivity index (χ4n) is 1.90. The van der Waals surface area contributed by atoms with E-state index < -0.39 is 0 Å². The highest BCUT2D eigenvalue weighted by molar-refractivity contribution is 5.91. The van der Waals surface area contributed by atoms with Crippen molar-refractivity contribution >= 4 is 12.1 Å². The third kappa shape index (κ3) is 2.50. The van der Waals surface area contributed by atoms with Crippen LogP contribution >= 0.6 is 0 Å². The maximum atomic E-state index is 11.2. The second kappa shape index (κ2) is 5.93. The van der Waals surface area contributed by atoms with E-state index in [-0.39, 0.29) is 12.4 Å². The Kier molecular flexibility index (Phi) is 4.06. The van der Waals surface area contributed by atoms with E-state index in [2.05, 4.69) is 11.0 Å². The molecular formula is C15H15N3O2. The molecule has 0 amide bonds. The third-order valence-corrected chi connectivity index (χ3v) is 2.83. The van der Waals surface area contributed by atoms with E-state index in [1.165, 1.54) is 4.68 Å². The maximum Gasteiger partial charge on any atom is 0.156 e. The number of nitrogens with two attached hydrogens (primary N) is 1. The summed E-state index contributed by atoms with van der Waals surface area (Å²) in [7, 11) is 0. The monoisotopic (exact) mass is 269 g/mol. The van der Waals surface area contributed by atoms with Crippen LogP contribution < -0.4 is 10.5 Å². The van der Waals surface area contributed by atoms with Crippen molar-refractivity contribution in [1.82, 2.24) is 9.78 Å². The van der Waals surface area contributed by atoms with Gasteiger partial charge in [-0.2, -0.15) is 5.10 Å². The van der Waals surface area contributed by atoms with Gasteiger partial charge in [-0.25, -0.2) is 4.68 Å². The molecule has 5 nitrogen and oxygen atoms in total. The molecule has 0 radical (unpaired) electrons. The standard InChI is InChI=1S/C15H15N3O2/c1-3-9-18-15(16)13(10-19)14(17-18)11-5-7-12(8-6-11)20-4-2/h1,5-8,10H,4,9,16H2,2H3. The Morgan fingerprint density at radius 1 is 1.45 bits per heavy atom. The Bertz CT molecular complexity index is 651. The average Bonchev–Trinajstić information content (AvgIpc) is 2.77. The van der Waals surface area contributed by atoms with Gasteiger partial charge in [0.15, 0.2) is 6.29 Å². The Labute approximate surface area is 117 Å². The van der Waals surface area contributed by atoms with Crippen LogP contribution in [0.1, 0.15) is 17.3 Å². The number of nitrogens with zero attached hydrogens (tertiary/aromatic N) is 2. The number of rotatable bonds is 5. The first-order chi connectivity index (χ1) is 9.71. The topological polar surface area (TPSA) is 70.1 Å². The van der Waals surface area contributed by atoms with Crippen LogP contribution in [0.3, 0.4) is 0 Å². The summed E-state index contributed by atoms with van der Waals surface area (Å²) in [6.45, 7) is 2.74. The predicted molar refractivity (Wildman–Crippen MR) is 77.5 cm³/mol. The molecule has 2 rings (SSSR count).